The molecule has 1 atom stereocenters. The Hall–Kier alpha value is -1.36. The number of hydrogen-bond acceptors (Lipinski definition) is 3. The van der Waals surface area contributed by atoms with E-state index in [-0.39, 0.29) is 17.9 Å². The zero-order valence-electron chi connectivity index (χ0n) is 10.5. The molecule has 3 rings (SSSR count). The van der Waals surface area contributed by atoms with E-state index < -0.39 is 0 Å². The summed E-state index contributed by atoms with van der Waals surface area (Å²) in [5.41, 5.74) is 0.794. The third-order valence-corrected chi connectivity index (χ3v) is 3.51. The summed E-state index contributed by atoms with van der Waals surface area (Å²) in [5.74, 6) is 0.360. The quantitative estimate of drug-likeness (QED) is 0.885. The van der Waals surface area contributed by atoms with Gasteiger partial charge in [-0.3, -0.25) is 9.48 Å². The van der Waals surface area contributed by atoms with Gasteiger partial charge in [-0.25, -0.2) is 0 Å². The van der Waals surface area contributed by atoms with Gasteiger partial charge < -0.3 is 10.1 Å². The lowest BCUT2D eigenvalue weighted by atomic mass is 10.1. The van der Waals surface area contributed by atoms with E-state index in [2.05, 4.69) is 10.4 Å². The molecule has 0 bridgehead atoms. The number of carbonyl (C=O) groups is 1. The van der Waals surface area contributed by atoms with Crippen LogP contribution in [0.2, 0.25) is 0 Å². The predicted octanol–water partition coefficient (Wildman–Crippen LogP) is 1.80. The second kappa shape index (κ2) is 5.10. The van der Waals surface area contributed by atoms with Crippen molar-refractivity contribution in [1.29, 1.82) is 0 Å². The fourth-order valence-corrected chi connectivity index (χ4v) is 2.28. The molecule has 0 aromatic carbocycles. The van der Waals surface area contributed by atoms with Crippen molar-refractivity contribution in [2.75, 3.05) is 11.9 Å². The summed E-state index contributed by atoms with van der Waals surface area (Å²) in [6.07, 6.45) is 9.41. The smallest absolute Gasteiger partial charge is 0.227 e. The summed E-state index contributed by atoms with van der Waals surface area (Å²) in [5, 5.41) is 7.16. The van der Waals surface area contributed by atoms with Gasteiger partial charge in [0.2, 0.25) is 5.91 Å². The van der Waals surface area contributed by atoms with Crippen molar-refractivity contribution in [2.45, 2.75) is 44.8 Å². The molecule has 1 aromatic rings. The Balaban J connectivity index is 1.53. The maximum atomic E-state index is 11.6. The van der Waals surface area contributed by atoms with Crippen molar-refractivity contribution in [3.8, 4) is 0 Å². The Morgan fingerprint density at radius 3 is 3.06 bits per heavy atom. The molecule has 1 aliphatic carbocycles. The van der Waals surface area contributed by atoms with Gasteiger partial charge in [0, 0.05) is 18.7 Å². The summed E-state index contributed by atoms with van der Waals surface area (Å²) >= 11 is 0. The number of nitrogens with zero attached hydrogens (tertiary/aromatic N) is 2. The minimum atomic E-state index is 0.128. The van der Waals surface area contributed by atoms with Gasteiger partial charge in [-0.1, -0.05) is 0 Å². The van der Waals surface area contributed by atoms with Gasteiger partial charge in [0.1, 0.15) is 0 Å². The largest absolute Gasteiger partial charge is 0.376 e. The molecule has 2 fully saturated rings. The topological polar surface area (TPSA) is 56.2 Å². The van der Waals surface area contributed by atoms with E-state index in [1.165, 1.54) is 6.42 Å². The minimum absolute atomic E-state index is 0.128. The summed E-state index contributed by atoms with van der Waals surface area (Å²) in [7, 11) is 0. The van der Waals surface area contributed by atoms with Crippen LogP contribution >= 0.6 is 0 Å². The Morgan fingerprint density at radius 1 is 1.44 bits per heavy atom. The SMILES string of the molecule is O=C(Nc1cnn(CC2CCCCO2)c1)C1CC1. The first-order valence-electron chi connectivity index (χ1n) is 6.76. The number of rotatable bonds is 4. The highest BCUT2D eigenvalue weighted by atomic mass is 16.5. The first-order valence-corrected chi connectivity index (χ1v) is 6.76. The zero-order chi connectivity index (χ0) is 12.4. The van der Waals surface area contributed by atoms with Gasteiger partial charge in [0.05, 0.1) is 24.5 Å². The molecule has 2 aliphatic rings. The fraction of sp³-hybridized carbons (Fsp3) is 0.692. The zero-order valence-corrected chi connectivity index (χ0v) is 10.5. The van der Waals surface area contributed by atoms with E-state index in [0.29, 0.717) is 0 Å². The Morgan fingerprint density at radius 2 is 2.33 bits per heavy atom. The average molecular weight is 249 g/mol. The number of nitrogens with one attached hydrogen (secondary N) is 1. The summed E-state index contributed by atoms with van der Waals surface area (Å²) in [6, 6.07) is 0. The highest BCUT2D eigenvalue weighted by Crippen LogP contribution is 2.30. The molecule has 5 heteroatoms. The highest BCUT2D eigenvalue weighted by molar-refractivity contribution is 5.93. The van der Waals surface area contributed by atoms with Crippen molar-refractivity contribution < 1.29 is 9.53 Å². The predicted molar refractivity (Wildman–Crippen MR) is 67.2 cm³/mol. The van der Waals surface area contributed by atoms with Crippen molar-refractivity contribution in [3.05, 3.63) is 12.4 Å². The molecule has 1 unspecified atom stereocenters. The van der Waals surface area contributed by atoms with Crippen molar-refractivity contribution >= 4 is 11.6 Å². The summed E-state index contributed by atoms with van der Waals surface area (Å²) in [6.45, 7) is 1.64. The number of ether oxygens (including phenoxy) is 1. The van der Waals surface area contributed by atoms with E-state index in [4.69, 9.17) is 4.74 Å². The minimum Gasteiger partial charge on any atom is -0.376 e. The molecule has 1 aromatic heterocycles. The molecular weight excluding hydrogens is 230 g/mol. The van der Waals surface area contributed by atoms with Crippen molar-refractivity contribution in [3.63, 3.8) is 0 Å². The Labute approximate surface area is 107 Å². The molecule has 0 radical (unpaired) electrons. The van der Waals surface area contributed by atoms with Crippen LogP contribution in [0.1, 0.15) is 32.1 Å². The van der Waals surface area contributed by atoms with E-state index in [1.807, 2.05) is 10.9 Å². The molecule has 98 valence electrons. The van der Waals surface area contributed by atoms with Crippen LogP contribution in [0, 0.1) is 5.92 Å². The van der Waals surface area contributed by atoms with Gasteiger partial charge in [-0.2, -0.15) is 5.10 Å². The summed E-state index contributed by atoms with van der Waals surface area (Å²) in [4.78, 5) is 11.6. The lowest BCUT2D eigenvalue weighted by molar-refractivity contribution is -0.117. The molecule has 1 N–H and O–H groups in total. The molecule has 18 heavy (non-hydrogen) atoms. The normalized spacial score (nSPS) is 23.9. The standard InChI is InChI=1S/C13H19N3O2/c17-13(10-4-5-10)15-11-7-14-16(8-11)9-12-3-1-2-6-18-12/h7-8,10,12H,1-6,9H2,(H,15,17). The first kappa shape index (κ1) is 11.7. The lowest BCUT2D eigenvalue weighted by Crippen LogP contribution is -2.24. The van der Waals surface area contributed by atoms with E-state index in [9.17, 15) is 4.79 Å². The van der Waals surface area contributed by atoms with Gasteiger partial charge in [-0.15, -0.1) is 0 Å². The maximum absolute atomic E-state index is 11.6. The third-order valence-electron chi connectivity index (χ3n) is 3.51. The number of carbonyl (C=O) groups excluding carboxylic acids is 1. The average Bonchev–Trinajstić information content (AvgIpc) is 3.15. The van der Waals surface area contributed by atoms with Crippen LogP contribution in [0.4, 0.5) is 5.69 Å². The van der Waals surface area contributed by atoms with Crippen LogP contribution in [0.5, 0.6) is 0 Å². The van der Waals surface area contributed by atoms with Crippen molar-refractivity contribution in [2.24, 2.45) is 5.92 Å². The molecule has 1 saturated carbocycles. The monoisotopic (exact) mass is 249 g/mol. The maximum Gasteiger partial charge on any atom is 0.227 e. The van der Waals surface area contributed by atoms with Gasteiger partial charge in [-0.05, 0) is 32.1 Å². The van der Waals surface area contributed by atoms with Crippen LogP contribution in [0.15, 0.2) is 12.4 Å². The second-order valence-electron chi connectivity index (χ2n) is 5.20. The molecule has 1 aliphatic heterocycles. The van der Waals surface area contributed by atoms with Gasteiger partial charge >= 0.3 is 0 Å². The second-order valence-corrected chi connectivity index (χ2v) is 5.20. The molecule has 2 heterocycles. The van der Waals surface area contributed by atoms with Crippen LogP contribution in [0.25, 0.3) is 0 Å². The molecule has 1 amide bonds. The number of aromatic nitrogens is 2. The third kappa shape index (κ3) is 2.90. The van der Waals surface area contributed by atoms with E-state index in [0.717, 1.165) is 44.5 Å². The lowest BCUT2D eigenvalue weighted by Gasteiger charge is -2.22. The van der Waals surface area contributed by atoms with Crippen molar-refractivity contribution in [1.82, 2.24) is 9.78 Å². The molecule has 5 nitrogen and oxygen atoms in total. The number of anilines is 1. The Kier molecular flexibility index (Phi) is 3.32. The van der Waals surface area contributed by atoms with Crippen LogP contribution < -0.4 is 5.32 Å². The fourth-order valence-electron chi connectivity index (χ4n) is 2.28. The Bertz CT molecular complexity index is 420. The molecular formula is C13H19N3O2. The van der Waals surface area contributed by atoms with Gasteiger partial charge in [0.25, 0.3) is 0 Å². The highest BCUT2D eigenvalue weighted by Gasteiger charge is 2.29. The van der Waals surface area contributed by atoms with Gasteiger partial charge in [0.15, 0.2) is 0 Å². The number of amides is 1. The van der Waals surface area contributed by atoms with Crippen LogP contribution in [0.3, 0.4) is 0 Å². The first-order chi connectivity index (χ1) is 8.81. The summed E-state index contributed by atoms with van der Waals surface area (Å²) < 4.78 is 7.53. The number of hydrogen-bond donors (Lipinski definition) is 1. The molecule has 0 spiro atoms. The van der Waals surface area contributed by atoms with E-state index in [1.54, 1.807) is 6.20 Å². The molecule has 1 saturated heterocycles. The van der Waals surface area contributed by atoms with Crippen LogP contribution in [-0.4, -0.2) is 28.4 Å². The van der Waals surface area contributed by atoms with Crippen LogP contribution in [-0.2, 0) is 16.1 Å². The van der Waals surface area contributed by atoms with E-state index >= 15 is 0 Å².